The predicted octanol–water partition coefficient (Wildman–Crippen LogP) is 2.36. The second-order valence-corrected chi connectivity index (χ2v) is 4.73. The molecular weight excluding hydrogens is 186 g/mol. The average molecular weight is 211 g/mol. The van der Waals surface area contributed by atoms with Crippen molar-refractivity contribution in [1.82, 2.24) is 4.90 Å². The van der Waals surface area contributed by atoms with Gasteiger partial charge in [0.05, 0.1) is 5.84 Å². The first kappa shape index (κ1) is 12.5. The Bertz CT molecular complexity index is 203. The lowest BCUT2D eigenvalue weighted by atomic mass is 10.0. The van der Waals surface area contributed by atoms with Gasteiger partial charge >= 0.3 is 0 Å². The van der Waals surface area contributed by atoms with E-state index in [1.54, 1.807) is 0 Å². The van der Waals surface area contributed by atoms with Gasteiger partial charge in [-0.1, -0.05) is 19.8 Å². The summed E-state index contributed by atoms with van der Waals surface area (Å²) in [5.74, 6) is 0.321. The van der Waals surface area contributed by atoms with Gasteiger partial charge in [0.1, 0.15) is 0 Å². The zero-order valence-corrected chi connectivity index (χ0v) is 10.1. The second-order valence-electron chi connectivity index (χ2n) is 4.73. The first-order valence-corrected chi connectivity index (χ1v) is 6.23. The van der Waals surface area contributed by atoms with E-state index in [0.29, 0.717) is 17.9 Å². The molecule has 3 nitrogen and oxygen atoms in total. The van der Waals surface area contributed by atoms with Gasteiger partial charge in [-0.15, -0.1) is 0 Å². The molecule has 3 heteroatoms. The van der Waals surface area contributed by atoms with E-state index in [1.165, 1.54) is 38.6 Å². The van der Waals surface area contributed by atoms with Crippen LogP contribution in [0.25, 0.3) is 0 Å². The van der Waals surface area contributed by atoms with Crippen LogP contribution in [0.3, 0.4) is 0 Å². The molecule has 1 aliphatic heterocycles. The van der Waals surface area contributed by atoms with Crippen LogP contribution in [0.2, 0.25) is 0 Å². The molecule has 0 bridgehead atoms. The van der Waals surface area contributed by atoms with Crippen LogP contribution in [0.4, 0.5) is 0 Å². The molecule has 0 amide bonds. The minimum atomic E-state index is 0.321. The van der Waals surface area contributed by atoms with E-state index in [0.717, 1.165) is 6.42 Å². The average Bonchev–Trinajstić information content (AvgIpc) is 2.40. The first-order chi connectivity index (χ1) is 7.15. The molecule has 2 unspecified atom stereocenters. The first-order valence-electron chi connectivity index (χ1n) is 6.23. The molecule has 1 saturated heterocycles. The number of likely N-dealkylation sites (tertiary alicyclic amines) is 1. The van der Waals surface area contributed by atoms with Crippen molar-refractivity contribution in [2.45, 2.75) is 64.5 Å². The van der Waals surface area contributed by atoms with Gasteiger partial charge in [0, 0.05) is 18.5 Å². The van der Waals surface area contributed by atoms with Gasteiger partial charge in [0.25, 0.3) is 0 Å². The lowest BCUT2D eigenvalue weighted by Crippen LogP contribution is -2.42. The Kier molecular flexibility index (Phi) is 5.09. The van der Waals surface area contributed by atoms with Crippen molar-refractivity contribution in [2.75, 3.05) is 6.54 Å². The normalized spacial score (nSPS) is 25.9. The summed E-state index contributed by atoms with van der Waals surface area (Å²) in [7, 11) is 0. The predicted molar refractivity (Wildman–Crippen MR) is 65.2 cm³/mol. The summed E-state index contributed by atoms with van der Waals surface area (Å²) in [6, 6.07) is 1.15. The Hall–Kier alpha value is -0.570. The number of rotatable bonds is 4. The molecule has 1 rings (SSSR count). The van der Waals surface area contributed by atoms with Gasteiger partial charge in [-0.25, -0.2) is 0 Å². The quantitative estimate of drug-likeness (QED) is 0.554. The van der Waals surface area contributed by atoms with Crippen LogP contribution in [0.5, 0.6) is 0 Å². The fraction of sp³-hybridized carbons (Fsp3) is 0.917. The maximum Gasteiger partial charge on any atom is 0.0920 e. The maximum atomic E-state index is 7.37. The van der Waals surface area contributed by atoms with Gasteiger partial charge in [-0.2, -0.15) is 0 Å². The number of hydrogen-bond acceptors (Lipinski definition) is 2. The second kappa shape index (κ2) is 6.11. The Labute approximate surface area is 93.5 Å². The number of nitrogens with zero attached hydrogens (tertiary/aromatic N) is 1. The number of nitrogens with one attached hydrogen (secondary N) is 1. The molecule has 0 aromatic heterocycles. The Balaban J connectivity index is 2.56. The summed E-state index contributed by atoms with van der Waals surface area (Å²) in [6.45, 7) is 5.66. The maximum absolute atomic E-state index is 7.37. The van der Waals surface area contributed by atoms with Crippen LogP contribution in [0.15, 0.2) is 0 Å². The molecule has 15 heavy (non-hydrogen) atoms. The molecule has 0 aromatic carbocycles. The number of amidine groups is 1. The van der Waals surface area contributed by atoms with E-state index in [4.69, 9.17) is 11.1 Å². The Morgan fingerprint density at radius 3 is 2.80 bits per heavy atom. The smallest absolute Gasteiger partial charge is 0.0920 e. The fourth-order valence-corrected chi connectivity index (χ4v) is 2.65. The molecule has 1 fully saturated rings. The Morgan fingerprint density at radius 1 is 1.47 bits per heavy atom. The van der Waals surface area contributed by atoms with Crippen molar-refractivity contribution in [3.63, 3.8) is 0 Å². The third kappa shape index (κ3) is 3.82. The largest absolute Gasteiger partial charge is 0.388 e. The number of hydrogen-bond donors (Lipinski definition) is 2. The molecule has 0 spiro atoms. The molecule has 0 aromatic rings. The Morgan fingerprint density at radius 2 is 2.20 bits per heavy atom. The zero-order chi connectivity index (χ0) is 11.3. The van der Waals surface area contributed by atoms with Crippen molar-refractivity contribution < 1.29 is 0 Å². The minimum absolute atomic E-state index is 0.321. The van der Waals surface area contributed by atoms with Crippen molar-refractivity contribution in [3.8, 4) is 0 Å². The van der Waals surface area contributed by atoms with Crippen molar-refractivity contribution in [3.05, 3.63) is 0 Å². The van der Waals surface area contributed by atoms with Crippen LogP contribution < -0.4 is 5.73 Å². The van der Waals surface area contributed by atoms with Crippen LogP contribution in [0, 0.1) is 5.41 Å². The van der Waals surface area contributed by atoms with E-state index in [-0.39, 0.29) is 0 Å². The monoisotopic (exact) mass is 211 g/mol. The number of nitrogens with two attached hydrogens (primary N) is 1. The molecule has 0 aliphatic carbocycles. The highest BCUT2D eigenvalue weighted by atomic mass is 15.2. The van der Waals surface area contributed by atoms with Crippen LogP contribution in [0.1, 0.15) is 52.4 Å². The van der Waals surface area contributed by atoms with Crippen molar-refractivity contribution in [1.29, 1.82) is 5.41 Å². The highest BCUT2D eigenvalue weighted by molar-refractivity contribution is 5.77. The van der Waals surface area contributed by atoms with Gasteiger partial charge in [-0.3, -0.25) is 10.3 Å². The van der Waals surface area contributed by atoms with Crippen molar-refractivity contribution in [2.24, 2.45) is 5.73 Å². The van der Waals surface area contributed by atoms with Gasteiger partial charge < -0.3 is 5.73 Å². The summed E-state index contributed by atoms with van der Waals surface area (Å²) in [6.07, 6.45) is 7.29. The van der Waals surface area contributed by atoms with Gasteiger partial charge in [-0.05, 0) is 32.7 Å². The standard InChI is InChI=1S/C12H25N3/c1-3-11-7-5-4-6-8-15(11)10(2)9-12(13)14/h10-11H,3-9H2,1-2H3,(H3,13,14). The highest BCUT2D eigenvalue weighted by Crippen LogP contribution is 2.22. The topological polar surface area (TPSA) is 53.1 Å². The lowest BCUT2D eigenvalue weighted by molar-refractivity contribution is 0.145. The van der Waals surface area contributed by atoms with E-state index in [1.807, 2.05) is 0 Å². The molecule has 0 saturated carbocycles. The van der Waals surface area contributed by atoms with Crippen molar-refractivity contribution >= 4 is 5.84 Å². The molecule has 3 N–H and O–H groups in total. The molecule has 1 aliphatic rings. The summed E-state index contributed by atoms with van der Waals surface area (Å²) < 4.78 is 0. The third-order valence-corrected chi connectivity index (χ3v) is 3.48. The van der Waals surface area contributed by atoms with Gasteiger partial charge in [0.15, 0.2) is 0 Å². The zero-order valence-electron chi connectivity index (χ0n) is 10.1. The molecule has 88 valence electrons. The van der Waals surface area contributed by atoms with E-state index in [2.05, 4.69) is 18.7 Å². The van der Waals surface area contributed by atoms with E-state index < -0.39 is 0 Å². The van der Waals surface area contributed by atoms with E-state index >= 15 is 0 Å². The molecule has 1 heterocycles. The minimum Gasteiger partial charge on any atom is -0.388 e. The summed E-state index contributed by atoms with van der Waals surface area (Å²) in [4.78, 5) is 2.56. The van der Waals surface area contributed by atoms with Crippen LogP contribution in [-0.4, -0.2) is 29.4 Å². The third-order valence-electron chi connectivity index (χ3n) is 3.48. The van der Waals surface area contributed by atoms with Gasteiger partial charge in [0.2, 0.25) is 0 Å². The highest BCUT2D eigenvalue weighted by Gasteiger charge is 2.23. The van der Waals surface area contributed by atoms with Crippen LogP contribution in [-0.2, 0) is 0 Å². The summed E-state index contributed by atoms with van der Waals surface area (Å²) >= 11 is 0. The summed E-state index contributed by atoms with van der Waals surface area (Å²) in [5, 5.41) is 7.37. The molecule has 0 radical (unpaired) electrons. The van der Waals surface area contributed by atoms with E-state index in [9.17, 15) is 0 Å². The van der Waals surface area contributed by atoms with Crippen LogP contribution >= 0.6 is 0 Å². The summed E-state index contributed by atoms with van der Waals surface area (Å²) in [5.41, 5.74) is 5.48. The fourth-order valence-electron chi connectivity index (χ4n) is 2.65. The lowest BCUT2D eigenvalue weighted by Gasteiger charge is -2.34. The molecule has 2 atom stereocenters. The SMILES string of the molecule is CCC1CCCCCN1C(C)CC(=N)N. The molecular formula is C12H25N3.